The Bertz CT molecular complexity index is 177. The standard InChI is InChI=1S/C9H19NO3Si.3CH4/c1-4-11-14(12-5-2,13-6-3)9-7-8-10;;;/h1H,5-10H2,2-3H3;3*1H4. The van der Waals surface area contributed by atoms with E-state index in [1.54, 1.807) is 0 Å². The molecule has 0 aliphatic rings. The minimum Gasteiger partial charge on any atom is -0.451 e. The van der Waals surface area contributed by atoms with Crippen LogP contribution in [0.2, 0.25) is 6.04 Å². The van der Waals surface area contributed by atoms with Crippen LogP contribution in [-0.4, -0.2) is 28.6 Å². The average Bonchev–Trinajstić information content (AvgIpc) is 2.16. The lowest BCUT2D eigenvalue weighted by molar-refractivity contribution is 0.106. The van der Waals surface area contributed by atoms with Crippen LogP contribution in [0.3, 0.4) is 0 Å². The monoisotopic (exact) mass is 265 g/mol. The molecule has 0 saturated carbocycles. The number of hydrogen-bond acceptors (Lipinski definition) is 4. The minimum atomic E-state index is -2.63. The summed E-state index contributed by atoms with van der Waals surface area (Å²) in [4.78, 5) is 0. The summed E-state index contributed by atoms with van der Waals surface area (Å²) in [6.07, 6.45) is 8.08. The largest absolute Gasteiger partial charge is 0.574 e. The highest BCUT2D eigenvalue weighted by molar-refractivity contribution is 6.61. The van der Waals surface area contributed by atoms with E-state index in [0.717, 1.165) is 6.42 Å². The van der Waals surface area contributed by atoms with E-state index in [9.17, 15) is 0 Å². The fraction of sp³-hybridized carbons (Fsp3) is 0.833. The normalized spacial score (nSPS) is 9.06. The molecule has 4 nitrogen and oxygen atoms in total. The molecule has 0 spiro atoms. The Balaban J connectivity index is -0.000000282. The molecule has 0 aliphatic heterocycles. The quantitative estimate of drug-likeness (QED) is 0.541. The van der Waals surface area contributed by atoms with Gasteiger partial charge in [0.15, 0.2) is 0 Å². The molecule has 0 rings (SSSR count). The zero-order valence-corrected chi connectivity index (χ0v) is 9.91. The third-order valence-electron chi connectivity index (χ3n) is 1.63. The van der Waals surface area contributed by atoms with Crippen LogP contribution < -0.4 is 5.73 Å². The Labute approximate surface area is 109 Å². The summed E-state index contributed by atoms with van der Waals surface area (Å²) in [5.41, 5.74) is 5.43. The van der Waals surface area contributed by atoms with Gasteiger partial charge in [0.1, 0.15) is 0 Å². The van der Waals surface area contributed by atoms with Crippen LogP contribution in [0, 0.1) is 12.5 Å². The topological polar surface area (TPSA) is 53.7 Å². The second-order valence-corrected chi connectivity index (χ2v) is 5.31. The number of terminal acetylenes is 1. The summed E-state index contributed by atoms with van der Waals surface area (Å²) in [5, 5.41) is 0. The summed E-state index contributed by atoms with van der Waals surface area (Å²) in [6, 6.07) is 0.676. The molecule has 0 bridgehead atoms. The lowest BCUT2D eigenvalue weighted by atomic mass is 10.5. The maximum atomic E-state index is 5.51. The zero-order chi connectivity index (χ0) is 10.9. The number of hydrogen-bond donors (Lipinski definition) is 1. The summed E-state index contributed by atoms with van der Waals surface area (Å²) in [5.74, 6) is 0. The molecule has 2 N–H and O–H groups in total. The molecule has 0 saturated heterocycles. The first kappa shape index (κ1) is 25.3. The van der Waals surface area contributed by atoms with E-state index in [2.05, 4.69) is 6.11 Å². The van der Waals surface area contributed by atoms with Gasteiger partial charge >= 0.3 is 8.80 Å². The molecule has 17 heavy (non-hydrogen) atoms. The van der Waals surface area contributed by atoms with Crippen molar-refractivity contribution in [2.45, 2.75) is 48.6 Å². The predicted octanol–water partition coefficient (Wildman–Crippen LogP) is 2.86. The van der Waals surface area contributed by atoms with Gasteiger partial charge in [-0.05, 0) is 26.8 Å². The van der Waals surface area contributed by atoms with Crippen molar-refractivity contribution in [2.24, 2.45) is 5.73 Å². The molecule has 106 valence electrons. The van der Waals surface area contributed by atoms with Crippen LogP contribution in [0.4, 0.5) is 0 Å². The molecule has 0 fully saturated rings. The molecule has 5 heteroatoms. The molecule has 0 heterocycles. The van der Waals surface area contributed by atoms with E-state index in [4.69, 9.17) is 25.4 Å². The van der Waals surface area contributed by atoms with Gasteiger partial charge in [-0.1, -0.05) is 28.7 Å². The fourth-order valence-corrected chi connectivity index (χ4v) is 3.43. The van der Waals surface area contributed by atoms with Crippen molar-refractivity contribution in [3.8, 4) is 12.5 Å². The number of rotatable bonds is 8. The van der Waals surface area contributed by atoms with Gasteiger partial charge < -0.3 is 19.0 Å². The lowest BCUT2D eigenvalue weighted by Gasteiger charge is -2.25. The molecular formula is C12H31NO3Si. The number of nitrogens with two attached hydrogens (primary N) is 1. The summed E-state index contributed by atoms with van der Waals surface area (Å²) >= 11 is 0. The van der Waals surface area contributed by atoms with Crippen LogP contribution in [0.25, 0.3) is 0 Å². The molecule has 0 atom stereocenters. The SMILES string of the molecule is C.C.C.C#CO[Si](CCCN)(OCC)OCC. The van der Waals surface area contributed by atoms with Crippen molar-refractivity contribution < 1.29 is 13.3 Å². The highest BCUT2D eigenvalue weighted by atomic mass is 28.4. The maximum absolute atomic E-state index is 5.51. The van der Waals surface area contributed by atoms with E-state index >= 15 is 0 Å². The van der Waals surface area contributed by atoms with Crippen molar-refractivity contribution in [1.82, 2.24) is 0 Å². The van der Waals surface area contributed by atoms with Gasteiger partial charge in [-0.2, -0.15) is 0 Å². The highest BCUT2D eigenvalue weighted by Crippen LogP contribution is 2.16. The Hall–Kier alpha value is -0.543. The summed E-state index contributed by atoms with van der Waals surface area (Å²) < 4.78 is 16.2. The third-order valence-corrected chi connectivity index (χ3v) is 4.48. The van der Waals surface area contributed by atoms with E-state index in [1.807, 2.05) is 13.8 Å². The van der Waals surface area contributed by atoms with E-state index in [0.29, 0.717) is 25.8 Å². The first-order chi connectivity index (χ1) is 6.74. The Morgan fingerprint density at radius 1 is 1.12 bits per heavy atom. The first-order valence-corrected chi connectivity index (χ1v) is 6.79. The smallest absolute Gasteiger partial charge is 0.451 e. The van der Waals surface area contributed by atoms with E-state index < -0.39 is 8.80 Å². The van der Waals surface area contributed by atoms with Crippen molar-refractivity contribution in [3.05, 3.63) is 0 Å². The second-order valence-electron chi connectivity index (χ2n) is 2.66. The highest BCUT2D eigenvalue weighted by Gasteiger charge is 2.41. The van der Waals surface area contributed by atoms with E-state index in [1.165, 1.54) is 0 Å². The Kier molecular flexibility index (Phi) is 23.0. The van der Waals surface area contributed by atoms with Crippen LogP contribution in [0.5, 0.6) is 0 Å². The van der Waals surface area contributed by atoms with Crippen molar-refractivity contribution in [3.63, 3.8) is 0 Å². The molecule has 0 aromatic carbocycles. The molecule has 0 aromatic rings. The predicted molar refractivity (Wildman–Crippen MR) is 77.6 cm³/mol. The minimum absolute atomic E-state index is 0. The van der Waals surface area contributed by atoms with Crippen LogP contribution in [-0.2, 0) is 13.3 Å². The third kappa shape index (κ3) is 10.3. The van der Waals surface area contributed by atoms with Gasteiger partial charge in [0.05, 0.1) is 6.11 Å². The van der Waals surface area contributed by atoms with Crippen molar-refractivity contribution >= 4 is 8.80 Å². The van der Waals surface area contributed by atoms with Crippen molar-refractivity contribution in [2.75, 3.05) is 19.8 Å². The second kappa shape index (κ2) is 15.5. The average molecular weight is 265 g/mol. The van der Waals surface area contributed by atoms with Crippen molar-refractivity contribution in [1.29, 1.82) is 0 Å². The molecule has 0 aliphatic carbocycles. The van der Waals surface area contributed by atoms with Gasteiger partial charge in [0.2, 0.25) is 0 Å². The zero-order valence-electron chi connectivity index (χ0n) is 8.91. The Morgan fingerprint density at radius 2 is 1.59 bits per heavy atom. The summed E-state index contributed by atoms with van der Waals surface area (Å²) in [6.45, 7) is 5.45. The van der Waals surface area contributed by atoms with Gasteiger partial charge in [-0.15, -0.1) is 0 Å². The Morgan fingerprint density at radius 3 is 1.88 bits per heavy atom. The lowest BCUT2D eigenvalue weighted by Crippen LogP contribution is -2.45. The summed E-state index contributed by atoms with van der Waals surface area (Å²) in [7, 11) is -2.63. The molecule has 0 unspecified atom stereocenters. The molecule has 0 aromatic heterocycles. The van der Waals surface area contributed by atoms with Gasteiger partial charge in [0.25, 0.3) is 0 Å². The molecule has 0 radical (unpaired) electrons. The molecular weight excluding hydrogens is 234 g/mol. The van der Waals surface area contributed by atoms with Gasteiger partial charge in [-0.25, -0.2) is 0 Å². The van der Waals surface area contributed by atoms with Crippen LogP contribution >= 0.6 is 0 Å². The molecule has 0 amide bonds. The maximum Gasteiger partial charge on any atom is 0.574 e. The van der Waals surface area contributed by atoms with Gasteiger partial charge in [-0.3, -0.25) is 0 Å². The fourth-order valence-electron chi connectivity index (χ4n) is 1.14. The first-order valence-electron chi connectivity index (χ1n) is 4.86. The van der Waals surface area contributed by atoms with Gasteiger partial charge in [0, 0.05) is 19.3 Å². The van der Waals surface area contributed by atoms with Crippen LogP contribution in [0.15, 0.2) is 0 Å². The van der Waals surface area contributed by atoms with Crippen LogP contribution in [0.1, 0.15) is 42.5 Å². The van der Waals surface area contributed by atoms with E-state index in [-0.39, 0.29) is 22.3 Å².